The average molecular weight is 431 g/mol. The van der Waals surface area contributed by atoms with Crippen molar-refractivity contribution < 1.29 is 28.8 Å². The second-order valence-electron chi connectivity index (χ2n) is 9.40. The smallest absolute Gasteiger partial charge is 0.507 e. The van der Waals surface area contributed by atoms with E-state index >= 15 is 0 Å². The van der Waals surface area contributed by atoms with Gasteiger partial charge in [0.25, 0.3) is 0 Å². The first kappa shape index (κ1) is 24.4. The SMILES string of the molecule is CCc1cc(OC)cc(-c2cc(OC)cc(C(C)(C)C)c2O)c1OC(=O)OC(C)(C)C. The zero-order chi connectivity index (χ0) is 23.6. The molecule has 0 aliphatic heterocycles. The molecule has 6 heteroatoms. The number of ether oxygens (including phenoxy) is 4. The van der Waals surface area contributed by atoms with E-state index in [0.717, 1.165) is 5.56 Å². The van der Waals surface area contributed by atoms with Crippen LogP contribution in [-0.2, 0) is 16.6 Å². The van der Waals surface area contributed by atoms with Crippen LogP contribution in [0, 0.1) is 0 Å². The van der Waals surface area contributed by atoms with Crippen molar-refractivity contribution in [3.63, 3.8) is 0 Å². The van der Waals surface area contributed by atoms with Gasteiger partial charge in [0.2, 0.25) is 0 Å². The molecule has 0 amide bonds. The summed E-state index contributed by atoms with van der Waals surface area (Å²) in [7, 11) is 3.14. The fourth-order valence-corrected chi connectivity index (χ4v) is 3.22. The monoisotopic (exact) mass is 430 g/mol. The highest BCUT2D eigenvalue weighted by Gasteiger charge is 2.27. The van der Waals surface area contributed by atoms with Gasteiger partial charge in [-0.05, 0) is 62.4 Å². The number of aryl methyl sites for hydroxylation is 1. The van der Waals surface area contributed by atoms with Gasteiger partial charge < -0.3 is 24.1 Å². The Balaban J connectivity index is 2.79. The lowest BCUT2D eigenvalue weighted by atomic mass is 9.83. The minimum Gasteiger partial charge on any atom is -0.507 e. The molecular weight excluding hydrogens is 396 g/mol. The Morgan fingerprint density at radius 3 is 1.94 bits per heavy atom. The Bertz CT molecular complexity index is 948. The number of methoxy groups -OCH3 is 2. The Hall–Kier alpha value is -2.89. The summed E-state index contributed by atoms with van der Waals surface area (Å²) in [6.45, 7) is 13.3. The van der Waals surface area contributed by atoms with E-state index in [1.165, 1.54) is 0 Å². The van der Waals surface area contributed by atoms with Crippen molar-refractivity contribution in [2.75, 3.05) is 14.2 Å². The molecule has 170 valence electrons. The molecule has 0 aromatic heterocycles. The van der Waals surface area contributed by atoms with Crippen molar-refractivity contribution >= 4 is 6.16 Å². The van der Waals surface area contributed by atoms with Crippen LogP contribution >= 0.6 is 0 Å². The first-order valence-corrected chi connectivity index (χ1v) is 10.3. The third-order valence-corrected chi connectivity index (χ3v) is 4.75. The van der Waals surface area contributed by atoms with E-state index < -0.39 is 11.8 Å². The van der Waals surface area contributed by atoms with Crippen LogP contribution in [0.15, 0.2) is 24.3 Å². The number of benzene rings is 2. The van der Waals surface area contributed by atoms with E-state index in [9.17, 15) is 9.90 Å². The number of hydrogen-bond donors (Lipinski definition) is 1. The van der Waals surface area contributed by atoms with Crippen molar-refractivity contribution in [3.05, 3.63) is 35.4 Å². The normalized spacial score (nSPS) is 11.8. The van der Waals surface area contributed by atoms with Crippen LogP contribution in [0.2, 0.25) is 0 Å². The Labute approximate surface area is 185 Å². The van der Waals surface area contributed by atoms with Gasteiger partial charge in [0.05, 0.1) is 14.2 Å². The third-order valence-electron chi connectivity index (χ3n) is 4.75. The molecule has 0 saturated carbocycles. The van der Waals surface area contributed by atoms with Gasteiger partial charge >= 0.3 is 6.16 Å². The first-order chi connectivity index (χ1) is 14.3. The number of carbonyl (C=O) groups is 1. The predicted molar refractivity (Wildman–Crippen MR) is 122 cm³/mol. The van der Waals surface area contributed by atoms with Gasteiger partial charge in [0.15, 0.2) is 0 Å². The zero-order valence-corrected chi connectivity index (χ0v) is 20.0. The highest BCUT2D eigenvalue weighted by Crippen LogP contribution is 2.46. The van der Waals surface area contributed by atoms with Crippen molar-refractivity contribution in [1.82, 2.24) is 0 Å². The quantitative estimate of drug-likeness (QED) is 0.446. The van der Waals surface area contributed by atoms with Crippen LogP contribution in [0.4, 0.5) is 4.79 Å². The van der Waals surface area contributed by atoms with E-state index in [1.54, 1.807) is 47.1 Å². The molecule has 0 heterocycles. The molecular formula is C25H34O6. The van der Waals surface area contributed by atoms with Crippen LogP contribution in [0.1, 0.15) is 59.6 Å². The van der Waals surface area contributed by atoms with E-state index in [4.69, 9.17) is 18.9 Å². The largest absolute Gasteiger partial charge is 0.514 e. The highest BCUT2D eigenvalue weighted by molar-refractivity contribution is 5.83. The summed E-state index contributed by atoms with van der Waals surface area (Å²) in [5.41, 5.74) is 1.42. The number of aromatic hydroxyl groups is 1. The Morgan fingerprint density at radius 2 is 1.45 bits per heavy atom. The van der Waals surface area contributed by atoms with Gasteiger partial charge in [-0.2, -0.15) is 0 Å². The summed E-state index contributed by atoms with van der Waals surface area (Å²) < 4.78 is 22.0. The molecule has 0 bridgehead atoms. The van der Waals surface area contributed by atoms with E-state index in [-0.39, 0.29) is 11.2 Å². The molecule has 2 aromatic carbocycles. The van der Waals surface area contributed by atoms with Crippen molar-refractivity contribution in [1.29, 1.82) is 0 Å². The Morgan fingerprint density at radius 1 is 0.903 bits per heavy atom. The fourth-order valence-electron chi connectivity index (χ4n) is 3.22. The van der Waals surface area contributed by atoms with Crippen LogP contribution < -0.4 is 14.2 Å². The molecule has 2 rings (SSSR count). The predicted octanol–water partition coefficient (Wildman–Crippen LogP) is 6.25. The van der Waals surface area contributed by atoms with Crippen LogP contribution in [0.25, 0.3) is 11.1 Å². The standard InChI is InChI=1S/C25H34O6/c1-10-15-11-16(28-8)13-19(22(15)30-23(27)31-25(5,6)7)18-12-17(29-9)14-20(21(18)26)24(2,3)4/h11-14,26H,10H2,1-9H3. The summed E-state index contributed by atoms with van der Waals surface area (Å²) in [6, 6.07) is 7.08. The van der Waals surface area contributed by atoms with Crippen LogP contribution in [0.5, 0.6) is 23.0 Å². The zero-order valence-electron chi connectivity index (χ0n) is 20.0. The number of phenolic OH excluding ortho intramolecular Hbond substituents is 1. The lowest BCUT2D eigenvalue weighted by Crippen LogP contribution is -2.26. The molecule has 0 fully saturated rings. The molecule has 2 aromatic rings. The van der Waals surface area contributed by atoms with Crippen LogP contribution in [-0.4, -0.2) is 31.1 Å². The number of carbonyl (C=O) groups excluding carboxylic acids is 1. The van der Waals surface area contributed by atoms with Gasteiger partial charge in [-0.1, -0.05) is 27.7 Å². The lowest BCUT2D eigenvalue weighted by Gasteiger charge is -2.25. The maximum Gasteiger partial charge on any atom is 0.514 e. The van der Waals surface area contributed by atoms with E-state index in [1.807, 2.05) is 39.8 Å². The molecule has 0 atom stereocenters. The highest BCUT2D eigenvalue weighted by atomic mass is 16.7. The van der Waals surface area contributed by atoms with Crippen LogP contribution in [0.3, 0.4) is 0 Å². The minimum absolute atomic E-state index is 0.0950. The summed E-state index contributed by atoms with van der Waals surface area (Å²) >= 11 is 0. The van der Waals surface area contributed by atoms with E-state index in [0.29, 0.717) is 40.4 Å². The second-order valence-corrected chi connectivity index (χ2v) is 9.40. The van der Waals surface area contributed by atoms with Crippen molar-refractivity contribution in [3.8, 4) is 34.1 Å². The third kappa shape index (κ3) is 5.84. The van der Waals surface area contributed by atoms with Gasteiger partial charge in [-0.15, -0.1) is 0 Å². The summed E-state index contributed by atoms with van der Waals surface area (Å²) in [6.07, 6.45) is -0.230. The first-order valence-electron chi connectivity index (χ1n) is 10.3. The molecule has 0 aliphatic carbocycles. The molecule has 0 aliphatic rings. The molecule has 0 unspecified atom stereocenters. The summed E-state index contributed by atoms with van der Waals surface area (Å²) in [4.78, 5) is 12.5. The van der Waals surface area contributed by atoms with Gasteiger partial charge in [-0.3, -0.25) is 0 Å². The molecule has 0 saturated heterocycles. The van der Waals surface area contributed by atoms with E-state index in [2.05, 4.69) is 0 Å². The van der Waals surface area contributed by atoms with Gasteiger partial charge in [0, 0.05) is 16.7 Å². The maximum atomic E-state index is 12.5. The average Bonchev–Trinajstić information content (AvgIpc) is 2.66. The van der Waals surface area contributed by atoms with Gasteiger partial charge in [-0.25, -0.2) is 4.79 Å². The topological polar surface area (TPSA) is 74.2 Å². The van der Waals surface area contributed by atoms with Crippen molar-refractivity contribution in [2.45, 2.75) is 65.9 Å². The minimum atomic E-state index is -0.813. The van der Waals surface area contributed by atoms with Gasteiger partial charge in [0.1, 0.15) is 28.6 Å². The van der Waals surface area contributed by atoms with Crippen molar-refractivity contribution in [2.24, 2.45) is 0 Å². The Kier molecular flexibility index (Phi) is 7.14. The molecule has 0 spiro atoms. The number of rotatable bonds is 5. The number of hydrogen-bond acceptors (Lipinski definition) is 6. The molecule has 6 nitrogen and oxygen atoms in total. The molecule has 31 heavy (non-hydrogen) atoms. The lowest BCUT2D eigenvalue weighted by molar-refractivity contribution is 0.0205. The number of phenols is 1. The maximum absolute atomic E-state index is 12.5. The summed E-state index contributed by atoms with van der Waals surface area (Å²) in [5, 5.41) is 11.2. The molecule has 0 radical (unpaired) electrons. The molecule has 1 N–H and O–H groups in total. The second kappa shape index (κ2) is 9.08. The summed E-state index contributed by atoms with van der Waals surface area (Å²) in [5.74, 6) is 1.59. The fraction of sp³-hybridized carbons (Fsp3) is 0.480.